The van der Waals surface area contributed by atoms with Crippen molar-refractivity contribution in [1.29, 1.82) is 0 Å². The Labute approximate surface area is 465 Å². The number of nitrogens with two attached hydrogens (primary N) is 1. The predicted molar refractivity (Wildman–Crippen MR) is 302 cm³/mol. The summed E-state index contributed by atoms with van der Waals surface area (Å²) in [6.45, 7) is 4.49. The van der Waals surface area contributed by atoms with Gasteiger partial charge in [0, 0.05) is 19.0 Å². The molecule has 0 amide bonds. The second-order valence-electron chi connectivity index (χ2n) is 21.1. The van der Waals surface area contributed by atoms with Gasteiger partial charge in [0.25, 0.3) is 0 Å². The molecule has 2 saturated heterocycles. The van der Waals surface area contributed by atoms with Crippen molar-refractivity contribution < 1.29 is 71.0 Å². The first-order chi connectivity index (χ1) is 37.5. The Morgan fingerprint density at radius 2 is 1.26 bits per heavy atom. The fraction of sp³-hybridized carbons (Fsp3) is 0.789. The third kappa shape index (κ3) is 32.4. The number of esters is 2. The maximum atomic E-state index is 12.9. The monoisotopic (exact) mass is 1140 g/mol. The highest BCUT2D eigenvalue weighted by atomic mass is 31.3. The van der Waals surface area contributed by atoms with Gasteiger partial charge in [0.15, 0.2) is 12.3 Å². The van der Waals surface area contributed by atoms with Gasteiger partial charge >= 0.3 is 33.3 Å². The maximum absolute atomic E-state index is 12.9. The molecule has 448 valence electrons. The van der Waals surface area contributed by atoms with E-state index < -0.39 is 83.7 Å². The molecule has 0 saturated carbocycles. The number of nitrogen functional groups attached to an aromatic ring is 1. The molecule has 0 spiro atoms. The number of aliphatic hydroxyl groups excluding tert-OH is 2. The SMILES string of the molecule is CCCCCC1OC1C/C=C\C/C=C\C/C=C\CCCC(=O)OC[C@H](COP(=O)(O)OP(=O)(O)OC[C@H]1O[C@@H](n2ccc(N)nc2=O)[C@H](O)[C@@H]1O)OC(=O)CCCCCCCCCCCCCCCCCCCCC(C)CC. The van der Waals surface area contributed by atoms with Crippen molar-refractivity contribution >= 4 is 33.4 Å². The zero-order valence-electron chi connectivity index (χ0n) is 47.3. The highest BCUT2D eigenvalue weighted by Gasteiger charge is 2.46. The first-order valence-corrected chi connectivity index (χ1v) is 32.5. The lowest BCUT2D eigenvalue weighted by atomic mass is 9.99. The van der Waals surface area contributed by atoms with E-state index in [2.05, 4.69) is 54.4 Å². The van der Waals surface area contributed by atoms with E-state index in [1.54, 1.807) is 0 Å². The normalized spacial score (nSPS) is 21.8. The molecule has 0 aliphatic carbocycles. The van der Waals surface area contributed by atoms with Crippen LogP contribution >= 0.6 is 15.6 Å². The van der Waals surface area contributed by atoms with Gasteiger partial charge < -0.3 is 44.7 Å². The summed E-state index contributed by atoms with van der Waals surface area (Å²) >= 11 is 0. The Bertz CT molecular complexity index is 2040. The van der Waals surface area contributed by atoms with E-state index in [4.69, 9.17) is 33.7 Å². The quantitative estimate of drug-likeness (QED) is 0.0133. The van der Waals surface area contributed by atoms with Gasteiger partial charge in [0.05, 0.1) is 25.4 Å². The van der Waals surface area contributed by atoms with Gasteiger partial charge in [-0.1, -0.05) is 198 Å². The molecule has 21 heteroatoms. The molecular formula is C57H99N3O16P2. The number of rotatable bonds is 48. The van der Waals surface area contributed by atoms with Crippen molar-refractivity contribution in [3.8, 4) is 0 Å². The van der Waals surface area contributed by atoms with E-state index in [1.165, 1.54) is 128 Å². The van der Waals surface area contributed by atoms with E-state index in [0.29, 0.717) is 31.5 Å². The topological polar surface area (TPSA) is 278 Å². The number of phosphoric acid groups is 2. The number of hydrogen-bond donors (Lipinski definition) is 5. The Hall–Kier alpha value is -3.06. The van der Waals surface area contributed by atoms with Gasteiger partial charge in [-0.05, 0) is 56.9 Å². The highest BCUT2D eigenvalue weighted by molar-refractivity contribution is 7.61. The molecule has 10 atom stereocenters. The molecule has 3 rings (SSSR count). The Balaban J connectivity index is 1.35. The third-order valence-electron chi connectivity index (χ3n) is 14.2. The van der Waals surface area contributed by atoms with E-state index >= 15 is 0 Å². The lowest BCUT2D eigenvalue weighted by molar-refractivity contribution is -0.161. The van der Waals surface area contributed by atoms with Crippen molar-refractivity contribution in [2.75, 3.05) is 25.6 Å². The average molecular weight is 1140 g/mol. The lowest BCUT2D eigenvalue weighted by Crippen LogP contribution is -2.36. The average Bonchev–Trinajstić information content (AvgIpc) is 4.10. The number of nitrogens with zero attached hydrogens (tertiary/aromatic N) is 2. The molecule has 2 aliphatic rings. The van der Waals surface area contributed by atoms with Crippen molar-refractivity contribution in [3.63, 3.8) is 0 Å². The van der Waals surface area contributed by atoms with Crippen LogP contribution in [-0.4, -0.2) is 97.9 Å². The third-order valence-corrected chi connectivity index (χ3v) is 16.8. The number of aliphatic hydroxyl groups is 2. The molecule has 0 bridgehead atoms. The maximum Gasteiger partial charge on any atom is 0.481 e. The minimum absolute atomic E-state index is 0.0393. The van der Waals surface area contributed by atoms with Gasteiger partial charge in [-0.15, -0.1) is 0 Å². The van der Waals surface area contributed by atoms with Crippen molar-refractivity contribution in [2.45, 2.75) is 263 Å². The number of anilines is 1. The standard InChI is InChI=1S/C57H99N3O16P2/c1-4-6-31-37-48-49(74-48)38-33-28-24-20-17-18-21-25-29-34-39-52(61)70-43-47(73-53(62)40-35-30-26-22-16-14-12-10-8-7-9-11-13-15-19-23-27-32-36-46(3)5-2)44-71-77(66,67)76-78(68,69)72-45-50-54(63)55(64)56(75-50)60-42-41-51(58)59-57(60)65/h17,20-21,25,28,33,41-42,46-50,54-56,63-64H,4-16,18-19,22-24,26-27,29-32,34-40,43-45H2,1-3H3,(H,66,67)(H,68,69)(H2,58,59,65)/b20-17-,25-21-,33-28-/t46?,47-,48?,49?,50-,54-,55-,56-/m1/s1. The number of carbonyl (C=O) groups is 2. The molecule has 0 radical (unpaired) electrons. The summed E-state index contributed by atoms with van der Waals surface area (Å²) in [4.78, 5) is 62.2. The van der Waals surface area contributed by atoms with Crippen molar-refractivity contribution in [2.24, 2.45) is 5.92 Å². The number of unbranched alkanes of at least 4 members (excludes halogenated alkanes) is 20. The lowest BCUT2D eigenvalue weighted by Gasteiger charge is -2.21. The van der Waals surface area contributed by atoms with Crippen LogP contribution in [0.15, 0.2) is 53.5 Å². The zero-order valence-corrected chi connectivity index (χ0v) is 49.1. The van der Waals surface area contributed by atoms with Crippen LogP contribution in [0.2, 0.25) is 0 Å². The largest absolute Gasteiger partial charge is 0.481 e. The molecule has 5 unspecified atom stereocenters. The smallest absolute Gasteiger partial charge is 0.462 e. The summed E-state index contributed by atoms with van der Waals surface area (Å²) in [6.07, 6.45) is 39.6. The summed E-state index contributed by atoms with van der Waals surface area (Å²) in [5.41, 5.74) is 4.60. The summed E-state index contributed by atoms with van der Waals surface area (Å²) in [5.74, 6) is -0.489. The minimum atomic E-state index is -5.44. The van der Waals surface area contributed by atoms with Crippen LogP contribution in [0.3, 0.4) is 0 Å². The van der Waals surface area contributed by atoms with Gasteiger partial charge in [-0.25, -0.2) is 13.9 Å². The van der Waals surface area contributed by atoms with E-state index in [1.807, 2.05) is 12.2 Å². The first kappa shape index (κ1) is 69.2. The van der Waals surface area contributed by atoms with E-state index in [9.17, 15) is 43.5 Å². The van der Waals surface area contributed by atoms with Crippen LogP contribution in [0.25, 0.3) is 0 Å². The molecule has 6 N–H and O–H groups in total. The summed E-state index contributed by atoms with van der Waals surface area (Å²) in [7, 11) is -10.9. The Morgan fingerprint density at radius 1 is 0.692 bits per heavy atom. The number of aromatic nitrogens is 2. The van der Waals surface area contributed by atoms with Crippen molar-refractivity contribution in [3.05, 3.63) is 59.2 Å². The van der Waals surface area contributed by atoms with Gasteiger partial charge in [0.2, 0.25) is 0 Å². The molecule has 1 aromatic rings. The number of carbonyl (C=O) groups excluding carboxylic acids is 2. The predicted octanol–water partition coefficient (Wildman–Crippen LogP) is 12.4. The molecule has 1 aromatic heterocycles. The summed E-state index contributed by atoms with van der Waals surface area (Å²) in [6, 6.07) is 1.25. The molecule has 2 aliphatic heterocycles. The van der Waals surface area contributed by atoms with Gasteiger partial charge in [-0.2, -0.15) is 9.29 Å². The molecule has 2 fully saturated rings. The number of phosphoric ester groups is 2. The van der Waals surface area contributed by atoms with E-state index in [0.717, 1.165) is 61.9 Å². The van der Waals surface area contributed by atoms with Gasteiger partial charge in [-0.3, -0.25) is 23.2 Å². The van der Waals surface area contributed by atoms with Crippen LogP contribution in [0, 0.1) is 5.92 Å². The van der Waals surface area contributed by atoms with Crippen LogP contribution in [0.4, 0.5) is 5.82 Å². The number of hydrogen-bond acceptors (Lipinski definition) is 16. The molecule has 78 heavy (non-hydrogen) atoms. The fourth-order valence-electron chi connectivity index (χ4n) is 9.14. The Kier molecular flexibility index (Phi) is 36.4. The van der Waals surface area contributed by atoms with Crippen LogP contribution < -0.4 is 11.4 Å². The Morgan fingerprint density at radius 3 is 1.86 bits per heavy atom. The van der Waals surface area contributed by atoms with Crippen LogP contribution in [-0.2, 0) is 51.0 Å². The van der Waals surface area contributed by atoms with Crippen LogP contribution in [0.1, 0.15) is 226 Å². The fourth-order valence-corrected chi connectivity index (χ4v) is 11.3. The molecular weight excluding hydrogens is 1040 g/mol. The molecule has 19 nitrogen and oxygen atoms in total. The second kappa shape index (κ2) is 41.0. The summed E-state index contributed by atoms with van der Waals surface area (Å²) in [5, 5.41) is 21.0. The molecule has 0 aromatic carbocycles. The number of ether oxygens (including phenoxy) is 4. The van der Waals surface area contributed by atoms with Crippen LogP contribution in [0.5, 0.6) is 0 Å². The molecule has 3 heterocycles. The van der Waals surface area contributed by atoms with Crippen molar-refractivity contribution in [1.82, 2.24) is 9.55 Å². The summed E-state index contributed by atoms with van der Waals surface area (Å²) < 4.78 is 62.7. The number of allylic oxidation sites excluding steroid dienone is 5. The highest BCUT2D eigenvalue weighted by Crippen LogP contribution is 2.60. The number of epoxide rings is 1. The van der Waals surface area contributed by atoms with E-state index in [-0.39, 0.29) is 18.7 Å². The minimum Gasteiger partial charge on any atom is -0.462 e. The first-order valence-electron chi connectivity index (χ1n) is 29.5. The van der Waals surface area contributed by atoms with Gasteiger partial charge in [0.1, 0.15) is 30.7 Å². The second-order valence-corrected chi connectivity index (χ2v) is 24.2. The zero-order chi connectivity index (χ0) is 56.9.